The van der Waals surface area contributed by atoms with Crippen molar-refractivity contribution in [2.45, 2.75) is 0 Å². The second-order valence-corrected chi connectivity index (χ2v) is 4.10. The van der Waals surface area contributed by atoms with Gasteiger partial charge in [0.1, 0.15) is 12.6 Å². The highest BCUT2D eigenvalue weighted by Gasteiger charge is 2.01. The Hall–Kier alpha value is -3.02. The summed E-state index contributed by atoms with van der Waals surface area (Å²) in [6, 6.07) is 8.82. The second-order valence-electron chi connectivity index (χ2n) is 4.10. The van der Waals surface area contributed by atoms with Crippen LogP contribution in [0, 0.1) is 0 Å². The third kappa shape index (κ3) is 4.52. The molecule has 0 fully saturated rings. The van der Waals surface area contributed by atoms with E-state index in [-0.39, 0.29) is 11.5 Å². The molecule has 0 spiro atoms. The highest BCUT2D eigenvalue weighted by atomic mass is 16.5. The van der Waals surface area contributed by atoms with Gasteiger partial charge in [-0.3, -0.25) is 9.59 Å². The Labute approximate surface area is 127 Å². The summed E-state index contributed by atoms with van der Waals surface area (Å²) in [6.45, 7) is 0. The van der Waals surface area contributed by atoms with Gasteiger partial charge in [0, 0.05) is 11.1 Å². The number of hydrogen-bond donors (Lipinski definition) is 2. The van der Waals surface area contributed by atoms with Gasteiger partial charge < -0.3 is 19.7 Å². The van der Waals surface area contributed by atoms with E-state index in [2.05, 4.69) is 0 Å². The molecule has 0 aliphatic rings. The molecule has 6 nitrogen and oxygen atoms in total. The fraction of sp³-hybridized carbons (Fsp3) is 0.125. The van der Waals surface area contributed by atoms with Crippen LogP contribution in [0.5, 0.6) is 23.0 Å². The van der Waals surface area contributed by atoms with Crippen LogP contribution in [0.15, 0.2) is 36.4 Å². The maximum absolute atomic E-state index is 10.2. The summed E-state index contributed by atoms with van der Waals surface area (Å²) >= 11 is 0. The highest BCUT2D eigenvalue weighted by Crippen LogP contribution is 2.26. The third-order valence-electron chi connectivity index (χ3n) is 2.68. The van der Waals surface area contributed by atoms with Crippen LogP contribution >= 0.6 is 0 Å². The van der Waals surface area contributed by atoms with Crippen molar-refractivity contribution >= 4 is 12.6 Å². The van der Waals surface area contributed by atoms with Gasteiger partial charge in [-0.25, -0.2) is 0 Å². The Morgan fingerprint density at radius 1 is 0.773 bits per heavy atom. The number of benzene rings is 2. The van der Waals surface area contributed by atoms with Gasteiger partial charge in [0.25, 0.3) is 0 Å². The van der Waals surface area contributed by atoms with Crippen molar-refractivity contribution in [1.29, 1.82) is 0 Å². The minimum absolute atomic E-state index is 0.0399. The lowest BCUT2D eigenvalue weighted by Gasteiger charge is -2.01. The topological polar surface area (TPSA) is 93.1 Å². The molecule has 0 aromatic heterocycles. The molecule has 0 amide bonds. The SMILES string of the molecule is COc1cc(C=O)ccc1O.COc1cc(C=O)ccc1O. The van der Waals surface area contributed by atoms with Crippen LogP contribution in [0.1, 0.15) is 20.7 Å². The fourth-order valence-electron chi connectivity index (χ4n) is 1.54. The van der Waals surface area contributed by atoms with E-state index >= 15 is 0 Å². The minimum Gasteiger partial charge on any atom is -0.504 e. The zero-order valence-electron chi connectivity index (χ0n) is 12.1. The molecule has 0 aliphatic carbocycles. The van der Waals surface area contributed by atoms with Gasteiger partial charge in [0.15, 0.2) is 23.0 Å². The minimum atomic E-state index is 0.0399. The smallest absolute Gasteiger partial charge is 0.161 e. The average Bonchev–Trinajstić information content (AvgIpc) is 2.56. The van der Waals surface area contributed by atoms with Crippen LogP contribution in [0.4, 0.5) is 0 Å². The van der Waals surface area contributed by atoms with Crippen molar-refractivity contribution in [2.75, 3.05) is 14.2 Å². The molecule has 22 heavy (non-hydrogen) atoms. The quantitative estimate of drug-likeness (QED) is 0.843. The van der Waals surface area contributed by atoms with Crippen LogP contribution in [0.3, 0.4) is 0 Å². The Bertz CT molecular complexity index is 594. The van der Waals surface area contributed by atoms with Crippen molar-refractivity contribution in [1.82, 2.24) is 0 Å². The number of carbonyl (C=O) groups is 2. The molecular formula is C16H16O6. The molecule has 0 aliphatic heterocycles. The lowest BCUT2D eigenvalue weighted by Crippen LogP contribution is -1.85. The van der Waals surface area contributed by atoms with Crippen LogP contribution in [0.25, 0.3) is 0 Å². The largest absolute Gasteiger partial charge is 0.504 e. The van der Waals surface area contributed by atoms with E-state index in [1.54, 1.807) is 0 Å². The van der Waals surface area contributed by atoms with Gasteiger partial charge in [0.2, 0.25) is 0 Å². The average molecular weight is 304 g/mol. The summed E-state index contributed by atoms with van der Waals surface area (Å²) in [7, 11) is 2.87. The summed E-state index contributed by atoms with van der Waals surface area (Å²) in [4.78, 5) is 20.5. The predicted octanol–water partition coefficient (Wildman–Crippen LogP) is 2.43. The number of carbonyl (C=O) groups excluding carboxylic acids is 2. The Kier molecular flexibility index (Phi) is 6.43. The number of phenolic OH excluding ortho intramolecular Hbond substituents is 2. The van der Waals surface area contributed by atoms with Gasteiger partial charge in [-0.05, 0) is 36.4 Å². The molecular weight excluding hydrogens is 288 g/mol. The van der Waals surface area contributed by atoms with E-state index in [4.69, 9.17) is 19.7 Å². The van der Waals surface area contributed by atoms with Crippen molar-refractivity contribution in [3.8, 4) is 23.0 Å². The number of ether oxygens (including phenoxy) is 2. The van der Waals surface area contributed by atoms with Gasteiger partial charge in [0.05, 0.1) is 14.2 Å². The van der Waals surface area contributed by atoms with Gasteiger partial charge in [-0.2, -0.15) is 0 Å². The van der Waals surface area contributed by atoms with E-state index in [0.717, 1.165) is 0 Å². The number of rotatable bonds is 4. The van der Waals surface area contributed by atoms with Crippen molar-refractivity contribution in [3.05, 3.63) is 47.5 Å². The molecule has 0 atom stereocenters. The lowest BCUT2D eigenvalue weighted by molar-refractivity contribution is 0.111. The van der Waals surface area contributed by atoms with Gasteiger partial charge in [-0.1, -0.05) is 0 Å². The monoisotopic (exact) mass is 304 g/mol. The lowest BCUT2D eigenvalue weighted by atomic mass is 10.2. The predicted molar refractivity (Wildman–Crippen MR) is 80.1 cm³/mol. The van der Waals surface area contributed by atoms with Crippen molar-refractivity contribution in [3.63, 3.8) is 0 Å². The molecule has 0 saturated carbocycles. The maximum Gasteiger partial charge on any atom is 0.161 e. The molecule has 0 bridgehead atoms. The first-order valence-electron chi connectivity index (χ1n) is 6.20. The number of methoxy groups -OCH3 is 2. The molecule has 0 radical (unpaired) electrons. The Morgan fingerprint density at radius 2 is 1.14 bits per heavy atom. The van der Waals surface area contributed by atoms with Crippen molar-refractivity contribution in [2.24, 2.45) is 0 Å². The number of phenols is 2. The molecule has 0 saturated heterocycles. The van der Waals surface area contributed by atoms with Crippen LogP contribution in [-0.4, -0.2) is 37.0 Å². The first-order valence-corrected chi connectivity index (χ1v) is 6.20. The Balaban J connectivity index is 0.000000220. The number of hydrogen-bond acceptors (Lipinski definition) is 6. The van der Waals surface area contributed by atoms with Crippen LogP contribution in [0.2, 0.25) is 0 Å². The van der Waals surface area contributed by atoms with E-state index in [1.807, 2.05) is 0 Å². The van der Waals surface area contributed by atoms with E-state index < -0.39 is 0 Å². The maximum atomic E-state index is 10.2. The number of aromatic hydroxyl groups is 2. The molecule has 0 unspecified atom stereocenters. The van der Waals surface area contributed by atoms with Gasteiger partial charge >= 0.3 is 0 Å². The molecule has 0 heterocycles. The van der Waals surface area contributed by atoms with Crippen molar-refractivity contribution < 1.29 is 29.3 Å². The van der Waals surface area contributed by atoms with Crippen LogP contribution in [-0.2, 0) is 0 Å². The second kappa shape index (κ2) is 8.31. The molecule has 2 N–H and O–H groups in total. The molecule has 2 aromatic rings. The molecule has 116 valence electrons. The van der Waals surface area contributed by atoms with Crippen LogP contribution < -0.4 is 9.47 Å². The standard InChI is InChI=1S/2C8H8O3/c2*1-11-8-4-6(5-9)2-3-7(8)10/h2*2-5,10H,1H3. The summed E-state index contributed by atoms with van der Waals surface area (Å²) in [6.07, 6.45) is 1.39. The zero-order chi connectivity index (χ0) is 16.5. The number of aldehydes is 2. The third-order valence-corrected chi connectivity index (χ3v) is 2.68. The first kappa shape index (κ1) is 17.0. The van der Waals surface area contributed by atoms with E-state index in [0.29, 0.717) is 35.2 Å². The molecule has 6 heteroatoms. The highest BCUT2D eigenvalue weighted by molar-refractivity contribution is 5.76. The van der Waals surface area contributed by atoms with E-state index in [1.165, 1.54) is 50.6 Å². The normalized spacial score (nSPS) is 9.18. The van der Waals surface area contributed by atoms with Gasteiger partial charge in [-0.15, -0.1) is 0 Å². The Morgan fingerprint density at radius 3 is 1.41 bits per heavy atom. The summed E-state index contributed by atoms with van der Waals surface area (Å²) in [5, 5.41) is 18.2. The summed E-state index contributed by atoms with van der Waals surface area (Å²) < 4.78 is 9.56. The van der Waals surface area contributed by atoms with E-state index in [9.17, 15) is 9.59 Å². The summed E-state index contributed by atoms with van der Waals surface area (Å²) in [5.41, 5.74) is 0.972. The fourth-order valence-corrected chi connectivity index (χ4v) is 1.54. The molecule has 2 aromatic carbocycles. The zero-order valence-corrected chi connectivity index (χ0v) is 12.1. The molecule has 2 rings (SSSR count). The first-order chi connectivity index (χ1) is 10.5. The summed E-state index contributed by atoms with van der Waals surface area (Å²) in [5.74, 6) is 0.709.